The fourth-order valence-electron chi connectivity index (χ4n) is 4.28. The van der Waals surface area contributed by atoms with E-state index >= 15 is 0 Å². The smallest absolute Gasteiger partial charge is 0.222 e. The Bertz CT molecular complexity index is 1340. The van der Waals surface area contributed by atoms with Crippen molar-refractivity contribution in [1.29, 1.82) is 0 Å². The van der Waals surface area contributed by atoms with E-state index in [1.54, 1.807) is 24.3 Å². The molecule has 0 N–H and O–H groups in total. The molecule has 0 aliphatic heterocycles. The minimum absolute atomic E-state index is 0.342. The molecule has 0 aliphatic carbocycles. The van der Waals surface area contributed by atoms with Crippen molar-refractivity contribution in [2.75, 3.05) is 0 Å². The number of para-hydroxylation sites is 2. The van der Waals surface area contributed by atoms with Gasteiger partial charge in [0.1, 0.15) is 0 Å². The van der Waals surface area contributed by atoms with Crippen molar-refractivity contribution in [3.05, 3.63) is 118 Å². The Morgan fingerprint density at radius 1 is 0.487 bits per heavy atom. The van der Waals surface area contributed by atoms with E-state index in [0.717, 1.165) is 33.4 Å². The van der Waals surface area contributed by atoms with Gasteiger partial charge in [-0.05, 0) is 85.3 Å². The van der Waals surface area contributed by atoms with Crippen LogP contribution < -0.4 is 18.1 Å². The summed E-state index contributed by atoms with van der Waals surface area (Å²) >= 11 is 0. The Morgan fingerprint density at radius 3 is 1.10 bits per heavy atom. The van der Waals surface area contributed by atoms with E-state index in [1.165, 1.54) is 0 Å². The lowest BCUT2D eigenvalue weighted by Gasteiger charge is -2.26. The molecule has 8 heteroatoms. The lowest BCUT2D eigenvalue weighted by Crippen LogP contribution is -2.18. The Labute approximate surface area is 231 Å². The van der Waals surface area contributed by atoms with Crippen LogP contribution in [0.5, 0.6) is 23.0 Å². The monoisotopic (exact) mass is 562 g/mol. The predicted molar refractivity (Wildman–Crippen MR) is 155 cm³/mol. The van der Waals surface area contributed by atoms with Gasteiger partial charge in [0.05, 0.1) is 0 Å². The molecule has 0 fully saturated rings. The number of hydrogen-bond donors (Lipinski definition) is 0. The third kappa shape index (κ3) is 6.84. The molecular weight excluding hydrogens is 530 g/mol. The second-order valence-corrected chi connectivity index (χ2v) is 11.6. The van der Waals surface area contributed by atoms with Crippen LogP contribution in [0.1, 0.15) is 47.2 Å². The normalized spacial score (nSPS) is 11.9. The zero-order valence-corrected chi connectivity index (χ0v) is 24.7. The van der Waals surface area contributed by atoms with Crippen LogP contribution >= 0.6 is 16.5 Å². The van der Waals surface area contributed by atoms with Gasteiger partial charge in [-0.1, -0.05) is 74.5 Å². The molecule has 0 amide bonds. The third-order valence-corrected chi connectivity index (χ3v) is 8.04. The molecule has 0 spiro atoms. The van der Waals surface area contributed by atoms with Crippen molar-refractivity contribution in [2.24, 2.45) is 0 Å². The topological polar surface area (TPSA) is 71.1 Å². The summed E-state index contributed by atoms with van der Waals surface area (Å²) in [6.45, 7) is 11.8. The van der Waals surface area contributed by atoms with E-state index in [2.05, 4.69) is 13.8 Å². The number of hydrogen-bond acceptors (Lipinski definition) is 6. The Morgan fingerprint density at radius 2 is 0.795 bits per heavy atom. The zero-order valence-electron chi connectivity index (χ0n) is 22.9. The molecule has 6 nitrogen and oxygen atoms in total. The SMILES string of the molecule is Cc1cccc(C)c1O[P+](=O)Oc1ccc(C(C)(C)c2ccc(O[P+](=O)Oc3c(C)cccc3C)cc2)cc1. The van der Waals surface area contributed by atoms with Crippen LogP contribution in [0.15, 0.2) is 84.9 Å². The van der Waals surface area contributed by atoms with Crippen molar-refractivity contribution in [2.45, 2.75) is 47.0 Å². The van der Waals surface area contributed by atoms with Crippen molar-refractivity contribution in [3.8, 4) is 23.0 Å². The van der Waals surface area contributed by atoms with Gasteiger partial charge in [0.25, 0.3) is 0 Å². The lowest BCUT2D eigenvalue weighted by molar-refractivity contribution is 0.412. The molecular formula is C31H32O6P2+2. The molecule has 4 aromatic carbocycles. The van der Waals surface area contributed by atoms with Crippen molar-refractivity contribution in [3.63, 3.8) is 0 Å². The van der Waals surface area contributed by atoms with Crippen LogP contribution in [0.4, 0.5) is 0 Å². The van der Waals surface area contributed by atoms with Gasteiger partial charge < -0.3 is 0 Å². The van der Waals surface area contributed by atoms with E-state index in [4.69, 9.17) is 18.1 Å². The maximum absolute atomic E-state index is 12.5. The second kappa shape index (κ2) is 12.0. The highest BCUT2D eigenvalue weighted by molar-refractivity contribution is 7.34. The molecule has 39 heavy (non-hydrogen) atoms. The molecule has 0 saturated carbocycles. The molecule has 200 valence electrons. The molecule has 0 radical (unpaired) electrons. The number of benzene rings is 4. The predicted octanol–water partition coefficient (Wildman–Crippen LogP) is 9.48. The second-order valence-electron chi connectivity index (χ2n) is 9.93. The summed E-state index contributed by atoms with van der Waals surface area (Å²) in [6, 6.07) is 26.4. The van der Waals surface area contributed by atoms with Crippen LogP contribution in [-0.2, 0) is 14.5 Å². The zero-order chi connectivity index (χ0) is 28.2. The number of aryl methyl sites for hydroxylation is 4. The molecule has 0 aliphatic rings. The summed E-state index contributed by atoms with van der Waals surface area (Å²) < 4.78 is 47.2. The fourth-order valence-corrected chi connectivity index (χ4v) is 5.81. The van der Waals surface area contributed by atoms with Crippen LogP contribution in [0.2, 0.25) is 0 Å². The van der Waals surface area contributed by atoms with E-state index in [1.807, 2.05) is 88.4 Å². The van der Waals surface area contributed by atoms with Crippen molar-refractivity contribution < 1.29 is 27.2 Å². The van der Waals surface area contributed by atoms with Gasteiger partial charge in [-0.2, -0.15) is 0 Å². The standard InChI is InChI=1S/C31H32O6P2/c1-21-9-7-10-22(2)29(21)36-38(32)34-27-17-13-25(14-18-27)31(5,6)26-15-19-28(20-16-26)35-39(33)37-30-23(3)11-8-12-24(30)4/h7-20H,1-6H3/q+2. The summed E-state index contributed by atoms with van der Waals surface area (Å²) in [5, 5.41) is 0. The first-order chi connectivity index (χ1) is 18.5. The maximum Gasteiger partial charge on any atom is 0.805 e. The molecule has 2 unspecified atom stereocenters. The van der Waals surface area contributed by atoms with Gasteiger partial charge in [0, 0.05) is 14.5 Å². The maximum atomic E-state index is 12.5. The average molecular weight is 563 g/mol. The minimum Gasteiger partial charge on any atom is -0.222 e. The molecule has 0 aromatic heterocycles. The van der Waals surface area contributed by atoms with Gasteiger partial charge >= 0.3 is 16.5 Å². The van der Waals surface area contributed by atoms with Gasteiger partial charge in [-0.25, -0.2) is 18.1 Å². The molecule has 0 heterocycles. The highest BCUT2D eigenvalue weighted by Gasteiger charge is 2.29. The Kier molecular flexibility index (Phi) is 8.70. The largest absolute Gasteiger partial charge is 0.805 e. The van der Waals surface area contributed by atoms with Crippen LogP contribution in [0.3, 0.4) is 0 Å². The van der Waals surface area contributed by atoms with E-state index in [-0.39, 0.29) is 5.41 Å². The average Bonchev–Trinajstić information content (AvgIpc) is 2.89. The van der Waals surface area contributed by atoms with Crippen LogP contribution in [0.25, 0.3) is 0 Å². The molecule has 4 aromatic rings. The number of rotatable bonds is 10. The molecule has 0 bridgehead atoms. The third-order valence-electron chi connectivity index (χ3n) is 6.66. The minimum atomic E-state index is -2.38. The summed E-state index contributed by atoms with van der Waals surface area (Å²) in [7, 11) is -4.75. The van der Waals surface area contributed by atoms with E-state index < -0.39 is 16.5 Å². The van der Waals surface area contributed by atoms with Crippen LogP contribution in [-0.4, -0.2) is 0 Å². The first-order valence-electron chi connectivity index (χ1n) is 12.5. The Balaban J connectivity index is 1.39. The lowest BCUT2D eigenvalue weighted by atomic mass is 9.78. The van der Waals surface area contributed by atoms with Gasteiger partial charge in [0.2, 0.25) is 0 Å². The van der Waals surface area contributed by atoms with Crippen molar-refractivity contribution in [1.82, 2.24) is 0 Å². The van der Waals surface area contributed by atoms with E-state index in [9.17, 15) is 9.13 Å². The molecule has 2 atom stereocenters. The van der Waals surface area contributed by atoms with Gasteiger partial charge in [-0.15, -0.1) is 0 Å². The summed E-state index contributed by atoms with van der Waals surface area (Å²) in [6.07, 6.45) is 0. The van der Waals surface area contributed by atoms with Crippen molar-refractivity contribution >= 4 is 16.5 Å². The summed E-state index contributed by atoms with van der Waals surface area (Å²) in [5.41, 5.74) is 5.34. The van der Waals surface area contributed by atoms with Gasteiger partial charge in [0.15, 0.2) is 23.0 Å². The van der Waals surface area contributed by atoms with Gasteiger partial charge in [-0.3, -0.25) is 0 Å². The fraction of sp³-hybridized carbons (Fsp3) is 0.226. The van der Waals surface area contributed by atoms with Crippen LogP contribution in [0, 0.1) is 27.7 Å². The highest BCUT2D eigenvalue weighted by atomic mass is 31.1. The Hall–Kier alpha value is -3.72. The van der Waals surface area contributed by atoms with E-state index in [0.29, 0.717) is 23.0 Å². The first kappa shape index (κ1) is 28.3. The first-order valence-corrected chi connectivity index (χ1v) is 14.7. The molecule has 4 rings (SSSR count). The molecule has 0 saturated heterocycles. The highest BCUT2D eigenvalue weighted by Crippen LogP contribution is 2.38. The summed E-state index contributed by atoms with van der Waals surface area (Å²) in [5.74, 6) is 2.06. The quantitative estimate of drug-likeness (QED) is 0.179. The summed E-state index contributed by atoms with van der Waals surface area (Å²) in [4.78, 5) is 0.